The third-order valence-electron chi connectivity index (χ3n) is 3.75. The van der Waals surface area contributed by atoms with Crippen molar-refractivity contribution in [2.75, 3.05) is 17.3 Å². The van der Waals surface area contributed by atoms with E-state index in [0.29, 0.717) is 16.9 Å². The van der Waals surface area contributed by atoms with Gasteiger partial charge < -0.3 is 10.2 Å². The van der Waals surface area contributed by atoms with Gasteiger partial charge in [-0.25, -0.2) is 9.97 Å². The minimum absolute atomic E-state index is 0.456. The molecular weight excluding hydrogens is 338 g/mol. The van der Waals surface area contributed by atoms with Crippen molar-refractivity contribution in [3.63, 3.8) is 0 Å². The number of hydrogen-bond donors (Lipinski definition) is 2. The van der Waals surface area contributed by atoms with Gasteiger partial charge in [0.15, 0.2) is 0 Å². The van der Waals surface area contributed by atoms with E-state index in [9.17, 15) is 0 Å². The summed E-state index contributed by atoms with van der Waals surface area (Å²) in [5.74, 6) is 0.972. The number of aromatic amines is 1. The van der Waals surface area contributed by atoms with Gasteiger partial charge >= 0.3 is 0 Å². The lowest BCUT2D eigenvalue weighted by Crippen LogP contribution is -2.14. The second-order valence-corrected chi connectivity index (χ2v) is 5.88. The molecule has 8 heteroatoms. The second kappa shape index (κ2) is 6.37. The summed E-state index contributed by atoms with van der Waals surface area (Å²) in [4.78, 5) is 14.7. The summed E-state index contributed by atoms with van der Waals surface area (Å²) in [6, 6.07) is 13.4. The van der Waals surface area contributed by atoms with Crippen molar-refractivity contribution < 1.29 is 0 Å². The Hall–Kier alpha value is -3.19. The number of halogens is 1. The van der Waals surface area contributed by atoms with Crippen LogP contribution in [0.5, 0.6) is 0 Å². The number of fused-ring (bicyclic) bond motifs is 1. The Morgan fingerprint density at radius 1 is 1.12 bits per heavy atom. The van der Waals surface area contributed by atoms with E-state index in [2.05, 4.69) is 30.5 Å². The predicted octanol–water partition coefficient (Wildman–Crippen LogP) is 3.91. The number of anilines is 4. The van der Waals surface area contributed by atoms with Gasteiger partial charge in [0, 0.05) is 28.8 Å². The lowest BCUT2D eigenvalue weighted by Gasteiger charge is -2.17. The Balaban J connectivity index is 1.60. The Kier molecular flexibility index (Phi) is 3.91. The van der Waals surface area contributed by atoms with Crippen LogP contribution < -0.4 is 10.2 Å². The third-order valence-corrected chi connectivity index (χ3v) is 3.99. The molecule has 0 fully saturated rings. The molecule has 0 bridgehead atoms. The summed E-state index contributed by atoms with van der Waals surface area (Å²) >= 11 is 6.05. The molecule has 2 aromatic carbocycles. The van der Waals surface area contributed by atoms with Crippen LogP contribution in [0.2, 0.25) is 5.02 Å². The first-order valence-electron chi connectivity index (χ1n) is 7.57. The lowest BCUT2D eigenvalue weighted by molar-refractivity contribution is 0.991. The monoisotopic (exact) mass is 351 g/mol. The van der Waals surface area contributed by atoms with Gasteiger partial charge in [-0.2, -0.15) is 10.1 Å². The maximum Gasteiger partial charge on any atom is 0.234 e. The zero-order valence-electron chi connectivity index (χ0n) is 13.3. The summed E-state index contributed by atoms with van der Waals surface area (Å²) in [6.07, 6.45) is 3.25. The van der Waals surface area contributed by atoms with Crippen LogP contribution in [-0.4, -0.2) is 32.2 Å². The average molecular weight is 352 g/mol. The van der Waals surface area contributed by atoms with E-state index in [1.54, 1.807) is 6.20 Å². The van der Waals surface area contributed by atoms with Crippen molar-refractivity contribution in [1.82, 2.24) is 25.1 Å². The van der Waals surface area contributed by atoms with E-state index in [-0.39, 0.29) is 0 Å². The van der Waals surface area contributed by atoms with Crippen LogP contribution in [0.3, 0.4) is 0 Å². The van der Waals surface area contributed by atoms with Crippen LogP contribution in [-0.2, 0) is 0 Å². The SMILES string of the molecule is CN(c1cccc(Cl)c1)c1ncnc(Nc2ccc3cn[nH]c3c2)n1. The minimum atomic E-state index is 0.456. The van der Waals surface area contributed by atoms with Crippen molar-refractivity contribution in [3.05, 3.63) is 60.0 Å². The zero-order chi connectivity index (χ0) is 17.2. The van der Waals surface area contributed by atoms with E-state index >= 15 is 0 Å². The molecule has 0 spiro atoms. The molecule has 4 rings (SSSR count). The fourth-order valence-electron chi connectivity index (χ4n) is 2.45. The lowest BCUT2D eigenvalue weighted by atomic mass is 10.2. The molecule has 0 aliphatic rings. The van der Waals surface area contributed by atoms with E-state index in [1.165, 1.54) is 6.33 Å². The quantitative estimate of drug-likeness (QED) is 0.580. The maximum absolute atomic E-state index is 6.05. The summed E-state index contributed by atoms with van der Waals surface area (Å²) in [6.45, 7) is 0. The largest absolute Gasteiger partial charge is 0.324 e. The van der Waals surface area contributed by atoms with E-state index in [0.717, 1.165) is 22.3 Å². The molecule has 124 valence electrons. The van der Waals surface area contributed by atoms with Crippen LogP contribution >= 0.6 is 11.6 Å². The first kappa shape index (κ1) is 15.3. The Morgan fingerprint density at radius 2 is 2.04 bits per heavy atom. The molecule has 2 N–H and O–H groups in total. The smallest absolute Gasteiger partial charge is 0.234 e. The third kappa shape index (κ3) is 3.22. The Morgan fingerprint density at radius 3 is 2.92 bits per heavy atom. The molecule has 25 heavy (non-hydrogen) atoms. The van der Waals surface area contributed by atoms with Crippen molar-refractivity contribution in [1.29, 1.82) is 0 Å². The molecule has 0 saturated carbocycles. The molecule has 7 nitrogen and oxygen atoms in total. The number of nitrogens with one attached hydrogen (secondary N) is 2. The molecule has 0 saturated heterocycles. The summed E-state index contributed by atoms with van der Waals surface area (Å²) in [7, 11) is 1.88. The van der Waals surface area contributed by atoms with Gasteiger partial charge in [0.1, 0.15) is 6.33 Å². The number of nitrogens with zero attached hydrogens (tertiary/aromatic N) is 5. The zero-order valence-corrected chi connectivity index (χ0v) is 14.1. The Bertz CT molecular complexity index is 1030. The number of benzene rings is 2. The molecule has 0 aliphatic heterocycles. The van der Waals surface area contributed by atoms with Crippen LogP contribution in [0.1, 0.15) is 0 Å². The van der Waals surface area contributed by atoms with E-state index < -0.39 is 0 Å². The van der Waals surface area contributed by atoms with Crippen LogP contribution in [0.15, 0.2) is 55.0 Å². The van der Waals surface area contributed by atoms with Crippen LogP contribution in [0.25, 0.3) is 10.9 Å². The molecule has 2 aromatic heterocycles. The molecular formula is C17H14ClN7. The van der Waals surface area contributed by atoms with Gasteiger partial charge in [0.05, 0.1) is 11.7 Å². The topological polar surface area (TPSA) is 82.6 Å². The second-order valence-electron chi connectivity index (χ2n) is 5.44. The molecule has 0 aliphatic carbocycles. The standard InChI is InChI=1S/C17H14ClN7/c1-25(14-4-2-3-12(18)7-14)17-20-10-19-16(23-17)22-13-6-5-11-9-21-24-15(11)8-13/h2-10H,1H3,(H,21,24)(H,19,20,22,23). The molecule has 0 radical (unpaired) electrons. The molecule has 0 amide bonds. The van der Waals surface area contributed by atoms with Crippen LogP contribution in [0, 0.1) is 0 Å². The Labute approximate surface area is 148 Å². The number of hydrogen-bond acceptors (Lipinski definition) is 6. The minimum Gasteiger partial charge on any atom is -0.324 e. The highest BCUT2D eigenvalue weighted by atomic mass is 35.5. The average Bonchev–Trinajstić information content (AvgIpc) is 3.09. The van der Waals surface area contributed by atoms with Gasteiger partial charge in [0.25, 0.3) is 0 Å². The van der Waals surface area contributed by atoms with Crippen molar-refractivity contribution in [2.45, 2.75) is 0 Å². The highest BCUT2D eigenvalue weighted by Gasteiger charge is 2.09. The first-order chi connectivity index (χ1) is 12.2. The summed E-state index contributed by atoms with van der Waals surface area (Å²) in [5.41, 5.74) is 2.69. The van der Waals surface area contributed by atoms with Gasteiger partial charge in [-0.1, -0.05) is 17.7 Å². The van der Waals surface area contributed by atoms with Crippen molar-refractivity contribution in [2.24, 2.45) is 0 Å². The van der Waals surface area contributed by atoms with E-state index in [4.69, 9.17) is 11.6 Å². The van der Waals surface area contributed by atoms with Crippen LogP contribution in [0.4, 0.5) is 23.3 Å². The van der Waals surface area contributed by atoms with Gasteiger partial charge in [-0.15, -0.1) is 0 Å². The molecule has 4 aromatic rings. The number of aromatic nitrogens is 5. The van der Waals surface area contributed by atoms with Crippen molar-refractivity contribution in [3.8, 4) is 0 Å². The highest BCUT2D eigenvalue weighted by Crippen LogP contribution is 2.24. The molecule has 2 heterocycles. The number of rotatable bonds is 4. The van der Waals surface area contributed by atoms with E-state index in [1.807, 2.05) is 54.4 Å². The van der Waals surface area contributed by atoms with Crippen molar-refractivity contribution >= 4 is 45.8 Å². The highest BCUT2D eigenvalue weighted by molar-refractivity contribution is 6.30. The maximum atomic E-state index is 6.05. The van der Waals surface area contributed by atoms with Gasteiger partial charge in [0.2, 0.25) is 11.9 Å². The first-order valence-corrected chi connectivity index (χ1v) is 7.95. The summed E-state index contributed by atoms with van der Waals surface area (Å²) < 4.78 is 0. The number of H-pyrrole nitrogens is 1. The molecule has 0 unspecified atom stereocenters. The fraction of sp³-hybridized carbons (Fsp3) is 0.0588. The normalized spacial score (nSPS) is 10.8. The predicted molar refractivity (Wildman–Crippen MR) is 98.7 cm³/mol. The van der Waals surface area contributed by atoms with Gasteiger partial charge in [-0.3, -0.25) is 5.10 Å². The molecule has 0 atom stereocenters. The summed E-state index contributed by atoms with van der Waals surface area (Å²) in [5, 5.41) is 11.8. The fourth-order valence-corrected chi connectivity index (χ4v) is 2.64. The van der Waals surface area contributed by atoms with Gasteiger partial charge in [-0.05, 0) is 36.4 Å².